The summed E-state index contributed by atoms with van der Waals surface area (Å²) in [5.74, 6) is 0. The molecule has 0 bridgehead atoms. The zero-order chi connectivity index (χ0) is 17.0. The van der Waals surface area contributed by atoms with E-state index in [9.17, 15) is 8.42 Å². The lowest BCUT2D eigenvalue weighted by Crippen LogP contribution is -2.02. The summed E-state index contributed by atoms with van der Waals surface area (Å²) in [5.41, 5.74) is 0.318. The van der Waals surface area contributed by atoms with Crippen molar-refractivity contribution in [2.24, 2.45) is 0 Å². The Morgan fingerprint density at radius 3 is 2.22 bits per heavy atom. The molecular formula is C16H8Cl2N2O2S. The van der Waals surface area contributed by atoms with Gasteiger partial charge >= 0.3 is 0 Å². The molecule has 114 valence electrons. The molecule has 0 aliphatic carbocycles. The molecular weight excluding hydrogens is 355 g/mol. The smallest absolute Gasteiger partial charge is 0.206 e. The second-order valence-electron chi connectivity index (χ2n) is 4.43. The molecule has 7 heteroatoms. The molecule has 4 nitrogen and oxygen atoms in total. The van der Waals surface area contributed by atoms with Gasteiger partial charge in [0.15, 0.2) is 0 Å². The van der Waals surface area contributed by atoms with E-state index in [2.05, 4.69) is 0 Å². The summed E-state index contributed by atoms with van der Waals surface area (Å²) >= 11 is 11.7. The third-order valence-corrected chi connectivity index (χ3v) is 5.41. The summed E-state index contributed by atoms with van der Waals surface area (Å²) < 4.78 is 25.2. The summed E-state index contributed by atoms with van der Waals surface area (Å²) in [6.07, 6.45) is 1.31. The Morgan fingerprint density at radius 2 is 1.61 bits per heavy atom. The highest BCUT2D eigenvalue weighted by molar-refractivity contribution is 7.91. The number of hydrogen-bond donors (Lipinski definition) is 0. The van der Waals surface area contributed by atoms with Crippen molar-refractivity contribution in [3.8, 4) is 12.1 Å². The van der Waals surface area contributed by atoms with Crippen LogP contribution in [0.4, 0.5) is 0 Å². The Morgan fingerprint density at radius 1 is 0.957 bits per heavy atom. The Labute approximate surface area is 143 Å². The van der Waals surface area contributed by atoms with Gasteiger partial charge in [-0.2, -0.15) is 10.5 Å². The molecule has 0 fully saturated rings. The van der Waals surface area contributed by atoms with Crippen LogP contribution in [0.3, 0.4) is 0 Å². The van der Waals surface area contributed by atoms with Gasteiger partial charge in [-0.25, -0.2) is 8.42 Å². The predicted octanol–water partition coefficient (Wildman–Crippen LogP) is 4.26. The van der Waals surface area contributed by atoms with Crippen LogP contribution in [0, 0.1) is 22.7 Å². The van der Waals surface area contributed by atoms with Crippen LogP contribution in [0.2, 0.25) is 10.0 Å². The average Bonchev–Trinajstić information content (AvgIpc) is 2.55. The van der Waals surface area contributed by atoms with E-state index in [0.717, 1.165) is 0 Å². The standard InChI is InChI=1S/C16H8Cl2N2O2S/c17-15-5-4-14(8-16(15)18)23(21,22)13-3-1-2-11(7-13)6-12(9-19)10-20/h1-8H. The van der Waals surface area contributed by atoms with Gasteiger partial charge in [0, 0.05) is 0 Å². The number of nitriles is 2. The minimum Gasteiger partial charge on any atom is -0.219 e. The van der Waals surface area contributed by atoms with E-state index in [-0.39, 0.29) is 25.4 Å². The summed E-state index contributed by atoms with van der Waals surface area (Å²) in [5, 5.41) is 17.9. The van der Waals surface area contributed by atoms with Crippen molar-refractivity contribution in [2.45, 2.75) is 9.79 Å². The molecule has 0 amide bonds. The molecule has 0 aliphatic heterocycles. The molecule has 0 saturated carbocycles. The lowest BCUT2D eigenvalue weighted by atomic mass is 10.1. The number of benzene rings is 2. The van der Waals surface area contributed by atoms with Gasteiger partial charge in [-0.15, -0.1) is 0 Å². The summed E-state index contributed by atoms with van der Waals surface area (Å²) in [4.78, 5) is 0.0358. The van der Waals surface area contributed by atoms with E-state index < -0.39 is 9.84 Å². The van der Waals surface area contributed by atoms with E-state index in [1.807, 2.05) is 0 Å². The lowest BCUT2D eigenvalue weighted by Gasteiger charge is -2.07. The van der Waals surface area contributed by atoms with Gasteiger partial charge < -0.3 is 0 Å². The molecule has 0 heterocycles. The molecule has 0 unspecified atom stereocenters. The van der Waals surface area contributed by atoms with Crippen molar-refractivity contribution < 1.29 is 8.42 Å². The first-order valence-corrected chi connectivity index (χ1v) is 8.44. The number of sulfone groups is 1. The van der Waals surface area contributed by atoms with Gasteiger partial charge in [-0.05, 0) is 42.0 Å². The molecule has 0 atom stereocenters. The third kappa shape index (κ3) is 3.72. The maximum Gasteiger partial charge on any atom is 0.206 e. The average molecular weight is 363 g/mol. The van der Waals surface area contributed by atoms with Crippen molar-refractivity contribution in [1.29, 1.82) is 10.5 Å². The molecule has 0 aliphatic rings. The van der Waals surface area contributed by atoms with E-state index in [0.29, 0.717) is 5.56 Å². The maximum atomic E-state index is 12.6. The fourth-order valence-corrected chi connectivity index (χ4v) is 3.51. The molecule has 23 heavy (non-hydrogen) atoms. The molecule has 0 radical (unpaired) electrons. The fourth-order valence-electron chi connectivity index (χ4n) is 1.81. The second kappa shape index (κ2) is 6.85. The Hall–Kier alpha value is -2.31. The Kier molecular flexibility index (Phi) is 5.08. The molecule has 2 aromatic carbocycles. The molecule has 2 rings (SSSR count). The summed E-state index contributed by atoms with van der Waals surface area (Å²) in [6, 6.07) is 13.4. The quantitative estimate of drug-likeness (QED) is 0.763. The zero-order valence-corrected chi connectivity index (χ0v) is 13.8. The van der Waals surface area contributed by atoms with Gasteiger partial charge in [-0.1, -0.05) is 35.3 Å². The van der Waals surface area contributed by atoms with Crippen molar-refractivity contribution in [1.82, 2.24) is 0 Å². The monoisotopic (exact) mass is 362 g/mol. The van der Waals surface area contributed by atoms with E-state index in [4.69, 9.17) is 33.7 Å². The number of nitrogens with zero attached hydrogens (tertiary/aromatic N) is 2. The van der Waals surface area contributed by atoms with Crippen LogP contribution in [-0.2, 0) is 9.84 Å². The molecule has 2 aromatic rings. The van der Waals surface area contributed by atoms with Crippen LogP contribution in [0.15, 0.2) is 57.8 Å². The normalized spacial score (nSPS) is 10.4. The topological polar surface area (TPSA) is 81.7 Å². The van der Waals surface area contributed by atoms with Crippen molar-refractivity contribution in [3.63, 3.8) is 0 Å². The minimum atomic E-state index is -3.79. The van der Waals surface area contributed by atoms with Crippen LogP contribution in [0.25, 0.3) is 6.08 Å². The first-order valence-electron chi connectivity index (χ1n) is 6.20. The van der Waals surface area contributed by atoms with Crippen LogP contribution in [0.1, 0.15) is 5.56 Å². The van der Waals surface area contributed by atoms with Crippen LogP contribution < -0.4 is 0 Å². The highest BCUT2D eigenvalue weighted by Crippen LogP contribution is 2.28. The SMILES string of the molecule is N#CC(C#N)=Cc1cccc(S(=O)(=O)c2ccc(Cl)c(Cl)c2)c1. The lowest BCUT2D eigenvalue weighted by molar-refractivity contribution is 0.596. The molecule has 0 spiro atoms. The largest absolute Gasteiger partial charge is 0.219 e. The van der Waals surface area contributed by atoms with Gasteiger partial charge in [0.05, 0.1) is 19.8 Å². The zero-order valence-electron chi connectivity index (χ0n) is 11.5. The molecule has 0 aromatic heterocycles. The van der Waals surface area contributed by atoms with Crippen LogP contribution in [0.5, 0.6) is 0 Å². The third-order valence-electron chi connectivity index (χ3n) is 2.92. The first kappa shape index (κ1) is 17.1. The summed E-state index contributed by atoms with van der Waals surface area (Å²) in [7, 11) is -3.79. The van der Waals surface area contributed by atoms with Gasteiger partial charge in [0.1, 0.15) is 17.7 Å². The minimum absolute atomic E-state index is 0.00817. The van der Waals surface area contributed by atoms with Crippen LogP contribution >= 0.6 is 23.2 Å². The van der Waals surface area contributed by atoms with Crippen molar-refractivity contribution in [2.75, 3.05) is 0 Å². The number of allylic oxidation sites excluding steroid dienone is 1. The van der Waals surface area contributed by atoms with Gasteiger partial charge in [-0.3, -0.25) is 0 Å². The number of hydrogen-bond acceptors (Lipinski definition) is 4. The van der Waals surface area contributed by atoms with Crippen molar-refractivity contribution in [3.05, 3.63) is 63.6 Å². The predicted molar refractivity (Wildman–Crippen MR) is 87.6 cm³/mol. The van der Waals surface area contributed by atoms with Crippen LogP contribution in [-0.4, -0.2) is 8.42 Å². The number of halogens is 2. The van der Waals surface area contributed by atoms with E-state index in [1.165, 1.54) is 42.5 Å². The van der Waals surface area contributed by atoms with E-state index in [1.54, 1.807) is 18.2 Å². The van der Waals surface area contributed by atoms with E-state index >= 15 is 0 Å². The van der Waals surface area contributed by atoms with Crippen molar-refractivity contribution >= 4 is 39.1 Å². The number of rotatable bonds is 3. The fraction of sp³-hybridized carbons (Fsp3) is 0. The summed E-state index contributed by atoms with van der Waals surface area (Å²) in [6.45, 7) is 0. The molecule has 0 N–H and O–H groups in total. The maximum absolute atomic E-state index is 12.6. The van der Waals surface area contributed by atoms with Gasteiger partial charge in [0.25, 0.3) is 0 Å². The first-order chi connectivity index (χ1) is 10.9. The van der Waals surface area contributed by atoms with Gasteiger partial charge in [0.2, 0.25) is 9.84 Å². The molecule has 0 saturated heterocycles. The highest BCUT2D eigenvalue weighted by atomic mass is 35.5. The Bertz CT molecular complexity index is 968. The Balaban J connectivity index is 2.54. The highest BCUT2D eigenvalue weighted by Gasteiger charge is 2.19. The second-order valence-corrected chi connectivity index (χ2v) is 7.20.